The Kier molecular flexibility index (Phi) is 4.97. The van der Waals surface area contributed by atoms with E-state index in [1.807, 2.05) is 26.0 Å². The Morgan fingerprint density at radius 2 is 2.15 bits per heavy atom. The van der Waals surface area contributed by atoms with Gasteiger partial charge in [-0.15, -0.1) is 0 Å². The van der Waals surface area contributed by atoms with Gasteiger partial charge in [0.2, 0.25) is 5.91 Å². The third kappa shape index (κ3) is 3.71. The Bertz CT molecular complexity index is 850. The zero-order chi connectivity index (χ0) is 18.8. The Balaban J connectivity index is 2.01. The number of hydrogen-bond acceptors (Lipinski definition) is 5. The van der Waals surface area contributed by atoms with Gasteiger partial charge in [0.25, 0.3) is 5.91 Å². The molecule has 1 saturated heterocycles. The molecule has 26 heavy (non-hydrogen) atoms. The number of fused-ring (bicyclic) bond motifs is 1. The van der Waals surface area contributed by atoms with Crippen LogP contribution in [-0.4, -0.2) is 42.0 Å². The fraction of sp³-hybridized carbons (Fsp3) is 0.421. The van der Waals surface area contributed by atoms with Gasteiger partial charge in [-0.3, -0.25) is 9.59 Å². The third-order valence-electron chi connectivity index (χ3n) is 4.37. The number of hydrogen-bond donors (Lipinski definition) is 2. The van der Waals surface area contributed by atoms with Gasteiger partial charge in [-0.05, 0) is 43.9 Å². The summed E-state index contributed by atoms with van der Waals surface area (Å²) in [6, 6.07) is 5.55. The summed E-state index contributed by atoms with van der Waals surface area (Å²) in [5.41, 5.74) is 5.88. The minimum Gasteiger partial charge on any atom is -0.490 e. The van der Waals surface area contributed by atoms with Gasteiger partial charge in [-0.1, -0.05) is 0 Å². The van der Waals surface area contributed by atoms with Gasteiger partial charge in [0.05, 0.1) is 11.7 Å². The van der Waals surface area contributed by atoms with Gasteiger partial charge in [0, 0.05) is 37.6 Å². The first-order valence-corrected chi connectivity index (χ1v) is 8.76. The van der Waals surface area contributed by atoms with Crippen molar-refractivity contribution in [3.8, 4) is 5.75 Å². The van der Waals surface area contributed by atoms with Crippen molar-refractivity contribution < 1.29 is 14.3 Å². The molecule has 1 unspecified atom stereocenters. The molecule has 1 aliphatic heterocycles. The Morgan fingerprint density at radius 1 is 1.38 bits per heavy atom. The molecule has 1 aliphatic rings. The van der Waals surface area contributed by atoms with E-state index in [1.165, 1.54) is 6.92 Å². The molecule has 0 aliphatic carbocycles. The molecule has 2 amide bonds. The van der Waals surface area contributed by atoms with E-state index in [0.717, 1.165) is 29.6 Å². The van der Waals surface area contributed by atoms with Crippen LogP contribution in [0.1, 0.15) is 37.6 Å². The van der Waals surface area contributed by atoms with Crippen LogP contribution in [0.2, 0.25) is 0 Å². The number of pyridine rings is 1. The Morgan fingerprint density at radius 3 is 2.81 bits per heavy atom. The van der Waals surface area contributed by atoms with Gasteiger partial charge in [0.15, 0.2) is 0 Å². The molecule has 1 aromatic carbocycles. The highest BCUT2D eigenvalue weighted by molar-refractivity contribution is 6.03. The lowest BCUT2D eigenvalue weighted by Gasteiger charge is -2.21. The zero-order valence-electron chi connectivity index (χ0n) is 15.3. The number of amides is 2. The first kappa shape index (κ1) is 18.0. The third-order valence-corrected chi connectivity index (χ3v) is 4.37. The number of carbonyl (C=O) groups excluding carboxylic acids is 2. The molecular formula is C19H24N4O3. The molecule has 2 aromatic rings. The number of nitrogens with one attached hydrogen (secondary N) is 1. The van der Waals surface area contributed by atoms with E-state index in [9.17, 15) is 9.59 Å². The predicted molar refractivity (Wildman–Crippen MR) is 100 cm³/mol. The lowest BCUT2D eigenvalue weighted by molar-refractivity contribution is -0.119. The van der Waals surface area contributed by atoms with Crippen LogP contribution in [0.5, 0.6) is 5.75 Å². The summed E-state index contributed by atoms with van der Waals surface area (Å²) in [4.78, 5) is 29.8. The summed E-state index contributed by atoms with van der Waals surface area (Å²) >= 11 is 0. The predicted octanol–water partition coefficient (Wildman–Crippen LogP) is 1.84. The molecule has 138 valence electrons. The van der Waals surface area contributed by atoms with Crippen molar-refractivity contribution in [1.29, 1.82) is 0 Å². The maximum Gasteiger partial charge on any atom is 0.252 e. The second-order valence-corrected chi connectivity index (χ2v) is 6.87. The highest BCUT2D eigenvalue weighted by Crippen LogP contribution is 2.33. The summed E-state index contributed by atoms with van der Waals surface area (Å²) in [7, 11) is 0. The number of nitrogens with zero attached hydrogens (tertiary/aromatic N) is 2. The van der Waals surface area contributed by atoms with Crippen LogP contribution >= 0.6 is 0 Å². The molecule has 0 bridgehead atoms. The molecular weight excluding hydrogens is 332 g/mol. The second-order valence-electron chi connectivity index (χ2n) is 6.87. The maximum absolute atomic E-state index is 11.8. The summed E-state index contributed by atoms with van der Waals surface area (Å²) in [5.74, 6) is 0.737. The number of aromatic nitrogens is 1. The van der Waals surface area contributed by atoms with Crippen LogP contribution in [0.25, 0.3) is 10.8 Å². The minimum absolute atomic E-state index is 0.0264. The van der Waals surface area contributed by atoms with Crippen molar-refractivity contribution in [3.05, 3.63) is 30.0 Å². The fourth-order valence-corrected chi connectivity index (χ4v) is 3.34. The number of benzene rings is 1. The molecule has 3 N–H and O–H groups in total. The summed E-state index contributed by atoms with van der Waals surface area (Å²) in [5, 5.41) is 4.73. The SMILES string of the molecule is CC(=O)NC1CCN(c2nccc3cc(C(N)=O)c(OC(C)C)cc23)C1. The van der Waals surface area contributed by atoms with Crippen LogP contribution in [-0.2, 0) is 4.79 Å². The zero-order valence-corrected chi connectivity index (χ0v) is 15.3. The molecule has 0 spiro atoms. The molecule has 7 heteroatoms. The number of anilines is 1. The van der Waals surface area contributed by atoms with Crippen molar-refractivity contribution in [2.24, 2.45) is 5.73 Å². The Hall–Kier alpha value is -2.83. The normalized spacial score (nSPS) is 16.9. The molecule has 7 nitrogen and oxygen atoms in total. The van der Waals surface area contributed by atoms with Crippen molar-refractivity contribution in [2.75, 3.05) is 18.0 Å². The first-order chi connectivity index (χ1) is 12.3. The average molecular weight is 356 g/mol. The van der Waals surface area contributed by atoms with Gasteiger partial charge >= 0.3 is 0 Å². The van der Waals surface area contributed by atoms with E-state index in [2.05, 4.69) is 15.2 Å². The van der Waals surface area contributed by atoms with Crippen molar-refractivity contribution >= 4 is 28.4 Å². The average Bonchev–Trinajstić information content (AvgIpc) is 3.00. The number of primary amides is 1. The van der Waals surface area contributed by atoms with Crippen molar-refractivity contribution in [3.63, 3.8) is 0 Å². The minimum atomic E-state index is -0.521. The van der Waals surface area contributed by atoms with Crippen molar-refractivity contribution in [2.45, 2.75) is 39.3 Å². The van der Waals surface area contributed by atoms with Crippen LogP contribution in [0.3, 0.4) is 0 Å². The van der Waals surface area contributed by atoms with Crippen LogP contribution in [0.15, 0.2) is 24.4 Å². The van der Waals surface area contributed by atoms with E-state index in [4.69, 9.17) is 10.5 Å². The lowest BCUT2D eigenvalue weighted by atomic mass is 10.1. The number of ether oxygens (including phenoxy) is 1. The highest BCUT2D eigenvalue weighted by Gasteiger charge is 2.26. The van der Waals surface area contributed by atoms with Gasteiger partial charge in [-0.2, -0.15) is 0 Å². The molecule has 1 atom stereocenters. The number of nitrogens with two attached hydrogens (primary N) is 1. The van der Waals surface area contributed by atoms with E-state index in [-0.39, 0.29) is 18.1 Å². The second kappa shape index (κ2) is 7.19. The molecule has 2 heterocycles. The van der Waals surface area contributed by atoms with E-state index in [0.29, 0.717) is 17.9 Å². The quantitative estimate of drug-likeness (QED) is 0.852. The van der Waals surface area contributed by atoms with E-state index in [1.54, 1.807) is 12.3 Å². The lowest BCUT2D eigenvalue weighted by Crippen LogP contribution is -2.35. The molecule has 0 radical (unpaired) electrons. The number of carbonyl (C=O) groups is 2. The summed E-state index contributed by atoms with van der Waals surface area (Å²) in [6.07, 6.45) is 2.50. The Labute approximate surface area is 152 Å². The highest BCUT2D eigenvalue weighted by atomic mass is 16.5. The van der Waals surface area contributed by atoms with Gasteiger partial charge in [-0.25, -0.2) is 4.98 Å². The fourth-order valence-electron chi connectivity index (χ4n) is 3.34. The van der Waals surface area contributed by atoms with Crippen LogP contribution < -0.4 is 20.7 Å². The standard InChI is InChI=1S/C19H24N4O3/c1-11(2)26-17-9-15-13(8-16(17)18(20)25)4-6-21-19(15)23-7-5-14(10-23)22-12(3)24/h4,6,8-9,11,14H,5,7,10H2,1-3H3,(H2,20,25)(H,22,24). The largest absolute Gasteiger partial charge is 0.490 e. The maximum atomic E-state index is 11.8. The molecule has 0 saturated carbocycles. The molecule has 1 aromatic heterocycles. The van der Waals surface area contributed by atoms with E-state index >= 15 is 0 Å². The van der Waals surface area contributed by atoms with Crippen LogP contribution in [0, 0.1) is 0 Å². The van der Waals surface area contributed by atoms with Gasteiger partial charge in [0.1, 0.15) is 11.6 Å². The molecule has 1 fully saturated rings. The summed E-state index contributed by atoms with van der Waals surface area (Å²) in [6.45, 7) is 6.83. The molecule has 3 rings (SSSR count). The first-order valence-electron chi connectivity index (χ1n) is 8.76. The van der Waals surface area contributed by atoms with E-state index < -0.39 is 5.91 Å². The number of rotatable bonds is 5. The van der Waals surface area contributed by atoms with Crippen LogP contribution in [0.4, 0.5) is 5.82 Å². The van der Waals surface area contributed by atoms with Crippen molar-refractivity contribution in [1.82, 2.24) is 10.3 Å². The monoisotopic (exact) mass is 356 g/mol. The summed E-state index contributed by atoms with van der Waals surface area (Å²) < 4.78 is 5.80. The topological polar surface area (TPSA) is 97.5 Å². The van der Waals surface area contributed by atoms with Gasteiger partial charge < -0.3 is 20.7 Å². The smallest absolute Gasteiger partial charge is 0.252 e.